The molecule has 12 heavy (non-hydrogen) atoms. The summed E-state index contributed by atoms with van der Waals surface area (Å²) in [6.07, 6.45) is 1.82. The summed E-state index contributed by atoms with van der Waals surface area (Å²) in [5.74, 6) is -0.370. The molecule has 4 heteroatoms. The third-order valence-corrected chi connectivity index (χ3v) is 1.34. The van der Waals surface area contributed by atoms with E-state index in [2.05, 4.69) is 6.58 Å². The van der Waals surface area contributed by atoms with Gasteiger partial charge in [-0.05, 0) is 20.5 Å². The van der Waals surface area contributed by atoms with Crippen molar-refractivity contribution in [2.45, 2.75) is 19.6 Å². The van der Waals surface area contributed by atoms with Crippen molar-refractivity contribution in [1.82, 2.24) is 11.1 Å². The van der Waals surface area contributed by atoms with Crippen LogP contribution >= 0.6 is 0 Å². The van der Waals surface area contributed by atoms with Crippen LogP contribution in [0, 0.1) is 0 Å². The lowest BCUT2D eigenvalue weighted by Crippen LogP contribution is -2.31. The topological polar surface area (TPSA) is 64.5 Å². The molecule has 0 rings (SSSR count). The Balaban J connectivity index is 0. The Hall–Kier alpha value is -0.870. The first-order valence-corrected chi connectivity index (χ1v) is 3.61. The minimum Gasteiger partial charge on any atom is -0.443 e. The molecule has 0 spiro atoms. The van der Waals surface area contributed by atoms with Crippen molar-refractivity contribution in [1.29, 1.82) is 0 Å². The van der Waals surface area contributed by atoms with Gasteiger partial charge in [-0.15, -0.1) is 0 Å². The van der Waals surface area contributed by atoms with Crippen LogP contribution in [0.5, 0.6) is 0 Å². The minimum atomic E-state index is -0.370. The Morgan fingerprint density at radius 2 is 2.17 bits per heavy atom. The van der Waals surface area contributed by atoms with Gasteiger partial charge in [0.15, 0.2) is 6.23 Å². The standard InChI is InChI=1S/C8H15NO2.H3N/c1-5-7(9(3)4)11-8(10)6-2;/h6-7H,2,5H2,1,3-4H3;1H3. The van der Waals surface area contributed by atoms with E-state index in [1.54, 1.807) is 0 Å². The van der Waals surface area contributed by atoms with E-state index in [1.165, 1.54) is 6.08 Å². The lowest BCUT2D eigenvalue weighted by Gasteiger charge is -2.21. The number of ether oxygens (including phenoxy) is 1. The van der Waals surface area contributed by atoms with Crippen LogP contribution in [-0.4, -0.2) is 31.2 Å². The van der Waals surface area contributed by atoms with E-state index in [1.807, 2.05) is 25.9 Å². The maximum Gasteiger partial charge on any atom is 0.331 e. The number of rotatable bonds is 4. The van der Waals surface area contributed by atoms with Crippen LogP contribution in [-0.2, 0) is 9.53 Å². The molecule has 1 atom stereocenters. The molecule has 0 aliphatic carbocycles. The van der Waals surface area contributed by atoms with Gasteiger partial charge in [0.1, 0.15) is 0 Å². The van der Waals surface area contributed by atoms with Crippen LogP contribution in [0.15, 0.2) is 12.7 Å². The van der Waals surface area contributed by atoms with Gasteiger partial charge in [0.2, 0.25) is 0 Å². The van der Waals surface area contributed by atoms with Crippen molar-refractivity contribution >= 4 is 5.97 Å². The average molecular weight is 174 g/mol. The molecule has 0 amide bonds. The van der Waals surface area contributed by atoms with Crippen LogP contribution in [0.1, 0.15) is 13.3 Å². The second-order valence-electron chi connectivity index (χ2n) is 2.47. The van der Waals surface area contributed by atoms with Crippen LogP contribution in [0.25, 0.3) is 0 Å². The summed E-state index contributed by atoms with van der Waals surface area (Å²) in [7, 11) is 3.73. The fourth-order valence-electron chi connectivity index (χ4n) is 0.736. The van der Waals surface area contributed by atoms with Crippen molar-refractivity contribution in [3.05, 3.63) is 12.7 Å². The molecule has 0 aromatic rings. The van der Waals surface area contributed by atoms with E-state index in [0.717, 1.165) is 6.42 Å². The molecule has 0 aromatic heterocycles. The summed E-state index contributed by atoms with van der Waals surface area (Å²) in [6.45, 7) is 5.27. The molecule has 0 heterocycles. The molecule has 3 N–H and O–H groups in total. The quantitative estimate of drug-likeness (QED) is 0.395. The van der Waals surface area contributed by atoms with Crippen molar-refractivity contribution in [3.8, 4) is 0 Å². The van der Waals surface area contributed by atoms with Gasteiger partial charge in [0.25, 0.3) is 0 Å². The zero-order valence-electron chi connectivity index (χ0n) is 8.04. The first-order valence-electron chi connectivity index (χ1n) is 3.61. The van der Waals surface area contributed by atoms with Gasteiger partial charge in [-0.2, -0.15) is 0 Å². The highest BCUT2D eigenvalue weighted by Crippen LogP contribution is 2.00. The summed E-state index contributed by atoms with van der Waals surface area (Å²) in [4.78, 5) is 12.6. The predicted octanol–water partition coefficient (Wildman–Crippen LogP) is 1.18. The first-order chi connectivity index (χ1) is 5.11. The Labute approximate surface area is 73.8 Å². The molecule has 4 nitrogen and oxygen atoms in total. The molecule has 0 aliphatic heterocycles. The molecule has 0 aromatic carbocycles. The fourth-order valence-corrected chi connectivity index (χ4v) is 0.736. The first kappa shape index (κ1) is 13.7. The summed E-state index contributed by atoms with van der Waals surface area (Å²) in [5.41, 5.74) is 0. The van der Waals surface area contributed by atoms with Crippen LogP contribution in [0.2, 0.25) is 0 Å². The highest BCUT2D eigenvalue weighted by atomic mass is 16.6. The van der Waals surface area contributed by atoms with E-state index >= 15 is 0 Å². The summed E-state index contributed by atoms with van der Waals surface area (Å²) in [6, 6.07) is 0. The number of hydrogen-bond acceptors (Lipinski definition) is 4. The summed E-state index contributed by atoms with van der Waals surface area (Å²) < 4.78 is 4.98. The third kappa shape index (κ3) is 4.87. The number of nitrogens with zero attached hydrogens (tertiary/aromatic N) is 1. The van der Waals surface area contributed by atoms with Crippen molar-refractivity contribution < 1.29 is 9.53 Å². The van der Waals surface area contributed by atoms with Gasteiger partial charge >= 0.3 is 5.97 Å². The highest BCUT2D eigenvalue weighted by molar-refractivity contribution is 5.81. The average Bonchev–Trinajstić information content (AvgIpc) is 1.99. The van der Waals surface area contributed by atoms with Gasteiger partial charge in [-0.25, -0.2) is 4.79 Å². The maximum atomic E-state index is 10.7. The van der Waals surface area contributed by atoms with Crippen molar-refractivity contribution in [3.63, 3.8) is 0 Å². The molecule has 0 aliphatic rings. The second-order valence-corrected chi connectivity index (χ2v) is 2.47. The number of carbonyl (C=O) groups is 1. The molecule has 0 bridgehead atoms. The predicted molar refractivity (Wildman–Crippen MR) is 49.1 cm³/mol. The zero-order valence-corrected chi connectivity index (χ0v) is 8.04. The van der Waals surface area contributed by atoms with E-state index in [4.69, 9.17) is 4.74 Å². The molecule has 72 valence electrons. The Kier molecular flexibility index (Phi) is 7.78. The Bertz CT molecular complexity index is 146. The van der Waals surface area contributed by atoms with E-state index in [0.29, 0.717) is 0 Å². The normalized spacial score (nSPS) is 11.7. The number of carbonyl (C=O) groups excluding carboxylic acids is 1. The number of esters is 1. The third-order valence-electron chi connectivity index (χ3n) is 1.34. The molecular weight excluding hydrogens is 156 g/mol. The van der Waals surface area contributed by atoms with Gasteiger partial charge in [0, 0.05) is 6.08 Å². The summed E-state index contributed by atoms with van der Waals surface area (Å²) in [5, 5.41) is 0. The number of hydrogen-bond donors (Lipinski definition) is 1. The molecular formula is C8H18N2O2. The smallest absolute Gasteiger partial charge is 0.331 e. The molecule has 1 unspecified atom stereocenters. The van der Waals surface area contributed by atoms with Crippen LogP contribution in [0.4, 0.5) is 0 Å². The largest absolute Gasteiger partial charge is 0.443 e. The highest BCUT2D eigenvalue weighted by Gasteiger charge is 2.11. The zero-order chi connectivity index (χ0) is 8.85. The second kappa shape index (κ2) is 6.82. The molecule has 0 radical (unpaired) electrons. The van der Waals surface area contributed by atoms with E-state index in [9.17, 15) is 4.79 Å². The van der Waals surface area contributed by atoms with Gasteiger partial charge in [-0.1, -0.05) is 13.5 Å². The SMILES string of the molecule is C=CC(=O)OC(CC)N(C)C.N. The monoisotopic (exact) mass is 174 g/mol. The molecule has 0 fully saturated rings. The van der Waals surface area contributed by atoms with Crippen LogP contribution in [0.3, 0.4) is 0 Å². The fraction of sp³-hybridized carbons (Fsp3) is 0.625. The van der Waals surface area contributed by atoms with E-state index < -0.39 is 0 Å². The van der Waals surface area contributed by atoms with Gasteiger partial charge in [0.05, 0.1) is 0 Å². The molecule has 0 saturated carbocycles. The van der Waals surface area contributed by atoms with E-state index in [-0.39, 0.29) is 18.3 Å². The van der Waals surface area contributed by atoms with Crippen LogP contribution < -0.4 is 6.15 Å². The van der Waals surface area contributed by atoms with Crippen molar-refractivity contribution in [2.75, 3.05) is 14.1 Å². The summed E-state index contributed by atoms with van der Waals surface area (Å²) >= 11 is 0. The van der Waals surface area contributed by atoms with Gasteiger partial charge in [-0.3, -0.25) is 4.90 Å². The molecule has 0 saturated heterocycles. The van der Waals surface area contributed by atoms with Gasteiger partial charge < -0.3 is 10.9 Å². The minimum absolute atomic E-state index is 0. The Morgan fingerprint density at radius 3 is 2.42 bits per heavy atom. The lowest BCUT2D eigenvalue weighted by molar-refractivity contribution is -0.150. The Morgan fingerprint density at radius 1 is 1.67 bits per heavy atom. The van der Waals surface area contributed by atoms with Crippen molar-refractivity contribution in [2.24, 2.45) is 0 Å². The lowest BCUT2D eigenvalue weighted by atomic mass is 10.4. The maximum absolute atomic E-state index is 10.7.